The molecule has 0 atom stereocenters. The van der Waals surface area contributed by atoms with Crippen LogP contribution in [0, 0.1) is 13.8 Å². The van der Waals surface area contributed by atoms with Crippen LogP contribution in [0.3, 0.4) is 0 Å². The molecule has 0 aromatic heterocycles. The summed E-state index contributed by atoms with van der Waals surface area (Å²) in [6, 6.07) is 3.46. The van der Waals surface area contributed by atoms with Crippen molar-refractivity contribution in [1.29, 1.82) is 0 Å². The van der Waals surface area contributed by atoms with Gasteiger partial charge in [-0.2, -0.15) is 11.8 Å². The number of benzene rings is 1. The molecule has 0 unspecified atom stereocenters. The predicted molar refractivity (Wildman–Crippen MR) is 73.9 cm³/mol. The molecular weight excluding hydrogens is 256 g/mol. The molecule has 0 spiro atoms. The van der Waals surface area contributed by atoms with Gasteiger partial charge in [-0.1, -0.05) is 6.07 Å². The molecule has 0 fully saturated rings. The van der Waals surface area contributed by atoms with Gasteiger partial charge in [0.2, 0.25) is 10.0 Å². The van der Waals surface area contributed by atoms with Gasteiger partial charge in [0.05, 0.1) is 5.69 Å². The summed E-state index contributed by atoms with van der Waals surface area (Å²) in [7, 11) is -3.50. The van der Waals surface area contributed by atoms with E-state index in [0.717, 1.165) is 11.3 Å². The molecule has 0 aliphatic heterocycles. The third kappa shape index (κ3) is 3.37. The van der Waals surface area contributed by atoms with Crippen LogP contribution in [0.1, 0.15) is 11.1 Å². The first-order chi connectivity index (χ1) is 7.90. The van der Waals surface area contributed by atoms with Crippen molar-refractivity contribution in [2.24, 2.45) is 0 Å². The van der Waals surface area contributed by atoms with Gasteiger partial charge in [-0.05, 0) is 37.3 Å². The van der Waals surface area contributed by atoms with Crippen molar-refractivity contribution in [3.05, 3.63) is 23.3 Å². The Balaban J connectivity index is 3.11. The second kappa shape index (κ2) is 5.75. The number of anilines is 1. The zero-order valence-corrected chi connectivity index (χ0v) is 11.9. The van der Waals surface area contributed by atoms with Gasteiger partial charge in [-0.25, -0.2) is 13.1 Å². The van der Waals surface area contributed by atoms with Crippen LogP contribution in [0.4, 0.5) is 5.69 Å². The Morgan fingerprint density at radius 2 is 2.00 bits per heavy atom. The van der Waals surface area contributed by atoms with Crippen LogP contribution in [0.5, 0.6) is 0 Å². The summed E-state index contributed by atoms with van der Waals surface area (Å²) in [5, 5.41) is 0. The Kier molecular flexibility index (Phi) is 4.85. The van der Waals surface area contributed by atoms with Gasteiger partial charge in [-0.15, -0.1) is 0 Å². The van der Waals surface area contributed by atoms with E-state index in [1.807, 2.05) is 19.2 Å². The molecule has 0 aliphatic rings. The van der Waals surface area contributed by atoms with Crippen molar-refractivity contribution in [3.8, 4) is 0 Å². The van der Waals surface area contributed by atoms with Crippen molar-refractivity contribution < 1.29 is 8.42 Å². The van der Waals surface area contributed by atoms with E-state index >= 15 is 0 Å². The van der Waals surface area contributed by atoms with E-state index in [1.54, 1.807) is 24.8 Å². The van der Waals surface area contributed by atoms with Crippen LogP contribution in [0.2, 0.25) is 0 Å². The average Bonchev–Trinajstić information content (AvgIpc) is 2.24. The number of nitrogens with two attached hydrogens (primary N) is 1. The third-order valence-electron chi connectivity index (χ3n) is 2.57. The molecule has 17 heavy (non-hydrogen) atoms. The summed E-state index contributed by atoms with van der Waals surface area (Å²) in [5.41, 5.74) is 7.68. The smallest absolute Gasteiger partial charge is 0.242 e. The van der Waals surface area contributed by atoms with E-state index in [4.69, 9.17) is 5.73 Å². The molecule has 0 bridgehead atoms. The summed E-state index contributed by atoms with van der Waals surface area (Å²) in [5.74, 6) is 0.740. The van der Waals surface area contributed by atoms with Crippen molar-refractivity contribution in [2.75, 3.05) is 24.3 Å². The molecule has 0 radical (unpaired) electrons. The number of hydrogen-bond acceptors (Lipinski definition) is 4. The first-order valence-electron chi connectivity index (χ1n) is 5.24. The highest BCUT2D eigenvalue weighted by atomic mass is 32.2. The lowest BCUT2D eigenvalue weighted by atomic mass is 10.1. The number of thioether (sulfide) groups is 1. The number of hydrogen-bond donors (Lipinski definition) is 2. The van der Waals surface area contributed by atoms with Gasteiger partial charge in [0.1, 0.15) is 4.90 Å². The zero-order chi connectivity index (χ0) is 13.1. The summed E-state index contributed by atoms with van der Waals surface area (Å²) < 4.78 is 26.8. The minimum Gasteiger partial charge on any atom is -0.398 e. The normalized spacial score (nSPS) is 11.7. The predicted octanol–water partition coefficient (Wildman–Crippen LogP) is 1.53. The van der Waals surface area contributed by atoms with E-state index in [2.05, 4.69) is 4.72 Å². The molecule has 0 heterocycles. The van der Waals surface area contributed by atoms with E-state index in [9.17, 15) is 8.42 Å². The van der Waals surface area contributed by atoms with Gasteiger partial charge >= 0.3 is 0 Å². The first-order valence-corrected chi connectivity index (χ1v) is 8.12. The van der Waals surface area contributed by atoms with Crippen LogP contribution in [-0.2, 0) is 10.0 Å². The summed E-state index contributed by atoms with van der Waals surface area (Å²) in [6.45, 7) is 4.06. The fourth-order valence-corrected chi connectivity index (χ4v) is 3.41. The Bertz CT molecular complexity index is 498. The summed E-state index contributed by atoms with van der Waals surface area (Å²) in [6.07, 6.45) is 1.93. The van der Waals surface area contributed by atoms with Crippen LogP contribution in [0.25, 0.3) is 0 Å². The number of sulfonamides is 1. The van der Waals surface area contributed by atoms with Crippen molar-refractivity contribution in [3.63, 3.8) is 0 Å². The molecule has 0 aliphatic carbocycles. The standard InChI is InChI=1S/C11H18N2O2S2/c1-8-4-5-10(12)11(9(8)2)17(14,15)13-6-7-16-3/h4-5,13H,6-7,12H2,1-3H3. The molecule has 0 amide bonds. The maximum absolute atomic E-state index is 12.1. The maximum atomic E-state index is 12.1. The monoisotopic (exact) mass is 274 g/mol. The van der Waals surface area contributed by atoms with Crippen molar-refractivity contribution >= 4 is 27.5 Å². The zero-order valence-electron chi connectivity index (χ0n) is 10.3. The molecule has 96 valence electrons. The van der Waals surface area contributed by atoms with Crippen LogP contribution >= 0.6 is 11.8 Å². The van der Waals surface area contributed by atoms with Crippen LogP contribution < -0.4 is 10.5 Å². The van der Waals surface area contributed by atoms with E-state index in [-0.39, 0.29) is 4.90 Å². The maximum Gasteiger partial charge on any atom is 0.242 e. The molecule has 3 N–H and O–H groups in total. The number of nitrogens with one attached hydrogen (secondary N) is 1. The molecule has 0 saturated carbocycles. The largest absolute Gasteiger partial charge is 0.398 e. The SMILES string of the molecule is CSCCNS(=O)(=O)c1c(N)ccc(C)c1C. The third-order valence-corrected chi connectivity index (χ3v) is 4.85. The van der Waals surface area contributed by atoms with Gasteiger partial charge < -0.3 is 5.73 Å². The summed E-state index contributed by atoms with van der Waals surface area (Å²) in [4.78, 5) is 0.207. The van der Waals surface area contributed by atoms with Crippen LogP contribution in [0.15, 0.2) is 17.0 Å². The van der Waals surface area contributed by atoms with Gasteiger partial charge in [0, 0.05) is 12.3 Å². The minimum atomic E-state index is -3.50. The fourth-order valence-electron chi connectivity index (χ4n) is 1.52. The first kappa shape index (κ1) is 14.3. The minimum absolute atomic E-state index is 0.207. The summed E-state index contributed by atoms with van der Waals surface area (Å²) >= 11 is 1.59. The number of rotatable bonds is 5. The lowest BCUT2D eigenvalue weighted by Gasteiger charge is -2.13. The number of nitrogen functional groups attached to an aromatic ring is 1. The Morgan fingerprint density at radius 1 is 1.35 bits per heavy atom. The molecule has 1 aromatic rings. The molecule has 6 heteroatoms. The number of aryl methyl sites for hydroxylation is 1. The highest BCUT2D eigenvalue weighted by Crippen LogP contribution is 2.24. The average molecular weight is 274 g/mol. The lowest BCUT2D eigenvalue weighted by Crippen LogP contribution is -2.27. The Hall–Kier alpha value is -0.720. The second-order valence-electron chi connectivity index (χ2n) is 3.82. The van der Waals surface area contributed by atoms with Gasteiger partial charge in [-0.3, -0.25) is 0 Å². The Morgan fingerprint density at radius 3 is 2.59 bits per heavy atom. The quantitative estimate of drug-likeness (QED) is 0.631. The van der Waals surface area contributed by atoms with E-state index < -0.39 is 10.0 Å². The molecule has 1 rings (SSSR count). The fraction of sp³-hybridized carbons (Fsp3) is 0.455. The Labute approximate surface area is 107 Å². The molecule has 4 nitrogen and oxygen atoms in total. The van der Waals surface area contributed by atoms with E-state index in [0.29, 0.717) is 17.8 Å². The molecule has 1 aromatic carbocycles. The van der Waals surface area contributed by atoms with Crippen molar-refractivity contribution in [2.45, 2.75) is 18.7 Å². The highest BCUT2D eigenvalue weighted by Gasteiger charge is 2.20. The van der Waals surface area contributed by atoms with Crippen molar-refractivity contribution in [1.82, 2.24) is 4.72 Å². The van der Waals surface area contributed by atoms with Crippen LogP contribution in [-0.4, -0.2) is 27.0 Å². The topological polar surface area (TPSA) is 72.2 Å². The lowest BCUT2D eigenvalue weighted by molar-refractivity contribution is 0.584. The van der Waals surface area contributed by atoms with E-state index in [1.165, 1.54) is 0 Å². The van der Waals surface area contributed by atoms with Gasteiger partial charge in [0.25, 0.3) is 0 Å². The molecular formula is C11H18N2O2S2. The molecule has 0 saturated heterocycles. The second-order valence-corrected chi connectivity index (χ2v) is 6.51. The highest BCUT2D eigenvalue weighted by molar-refractivity contribution is 7.98. The van der Waals surface area contributed by atoms with Gasteiger partial charge in [0.15, 0.2) is 0 Å².